The van der Waals surface area contributed by atoms with E-state index in [-0.39, 0.29) is 31.0 Å². The Labute approximate surface area is 106 Å². The quantitative estimate of drug-likeness (QED) is 0.845. The smallest absolute Gasteiger partial charge is 0.377 e. The first-order chi connectivity index (χ1) is 8.47. The average molecular weight is 265 g/mol. The van der Waals surface area contributed by atoms with Crippen LogP contribution < -0.4 is 5.32 Å². The van der Waals surface area contributed by atoms with E-state index in [1.165, 1.54) is 0 Å². The SMILES string of the molecule is CC(NC1CCCC(C(F)(F)F)C1)C1CCCO1. The maximum atomic E-state index is 12.7. The number of alkyl halides is 3. The third-order valence-electron chi connectivity index (χ3n) is 4.16. The molecule has 1 aliphatic heterocycles. The monoisotopic (exact) mass is 265 g/mol. The Bertz CT molecular complexity index is 263. The van der Waals surface area contributed by atoms with Gasteiger partial charge in [0.2, 0.25) is 0 Å². The van der Waals surface area contributed by atoms with Gasteiger partial charge in [0.25, 0.3) is 0 Å². The summed E-state index contributed by atoms with van der Waals surface area (Å²) in [7, 11) is 0. The second kappa shape index (κ2) is 5.78. The summed E-state index contributed by atoms with van der Waals surface area (Å²) in [5.74, 6) is -1.12. The fourth-order valence-electron chi connectivity index (χ4n) is 3.11. The van der Waals surface area contributed by atoms with Crippen molar-refractivity contribution in [2.75, 3.05) is 6.61 Å². The molecule has 1 saturated carbocycles. The van der Waals surface area contributed by atoms with Gasteiger partial charge >= 0.3 is 6.18 Å². The first kappa shape index (κ1) is 14.1. The van der Waals surface area contributed by atoms with Crippen molar-refractivity contribution >= 4 is 0 Å². The number of hydrogen-bond acceptors (Lipinski definition) is 2. The summed E-state index contributed by atoms with van der Waals surface area (Å²) in [4.78, 5) is 0. The Morgan fingerprint density at radius 2 is 1.94 bits per heavy atom. The second-order valence-corrected chi connectivity index (χ2v) is 5.61. The van der Waals surface area contributed by atoms with Crippen molar-refractivity contribution in [2.24, 2.45) is 5.92 Å². The van der Waals surface area contributed by atoms with E-state index in [0.29, 0.717) is 6.42 Å². The van der Waals surface area contributed by atoms with Crippen molar-refractivity contribution < 1.29 is 17.9 Å². The Hall–Kier alpha value is -0.290. The molecule has 1 aliphatic carbocycles. The lowest BCUT2D eigenvalue weighted by Gasteiger charge is -2.34. The highest BCUT2D eigenvalue weighted by Gasteiger charge is 2.42. The van der Waals surface area contributed by atoms with Crippen molar-refractivity contribution in [1.82, 2.24) is 5.32 Å². The van der Waals surface area contributed by atoms with Gasteiger partial charge in [-0.1, -0.05) is 6.42 Å². The van der Waals surface area contributed by atoms with Crippen molar-refractivity contribution in [3.63, 3.8) is 0 Å². The van der Waals surface area contributed by atoms with Crippen molar-refractivity contribution in [3.8, 4) is 0 Å². The molecule has 1 N–H and O–H groups in total. The molecule has 4 unspecified atom stereocenters. The fraction of sp³-hybridized carbons (Fsp3) is 1.00. The van der Waals surface area contributed by atoms with Gasteiger partial charge in [0.1, 0.15) is 0 Å². The Morgan fingerprint density at radius 3 is 2.56 bits per heavy atom. The van der Waals surface area contributed by atoms with Gasteiger partial charge in [0.15, 0.2) is 0 Å². The van der Waals surface area contributed by atoms with Crippen LogP contribution in [0.3, 0.4) is 0 Å². The summed E-state index contributed by atoms with van der Waals surface area (Å²) in [5, 5.41) is 3.34. The standard InChI is InChI=1S/C13H22F3NO/c1-9(12-6-3-7-18-12)17-11-5-2-4-10(8-11)13(14,15)16/h9-12,17H,2-8H2,1H3. The van der Waals surface area contributed by atoms with Crippen LogP contribution in [0.4, 0.5) is 13.2 Å². The van der Waals surface area contributed by atoms with Gasteiger partial charge in [0.05, 0.1) is 12.0 Å². The Kier molecular flexibility index (Phi) is 4.54. The summed E-state index contributed by atoms with van der Waals surface area (Å²) in [6, 6.07) is 0.147. The minimum Gasteiger partial charge on any atom is -0.377 e. The van der Waals surface area contributed by atoms with E-state index >= 15 is 0 Å². The first-order valence-corrected chi connectivity index (χ1v) is 6.91. The molecule has 0 aromatic carbocycles. The van der Waals surface area contributed by atoms with E-state index in [1.54, 1.807) is 0 Å². The van der Waals surface area contributed by atoms with Crippen molar-refractivity contribution in [1.29, 1.82) is 0 Å². The zero-order valence-corrected chi connectivity index (χ0v) is 10.8. The minimum atomic E-state index is -4.03. The molecule has 0 bridgehead atoms. The molecule has 1 heterocycles. The van der Waals surface area contributed by atoms with Crippen molar-refractivity contribution in [2.45, 2.75) is 69.8 Å². The molecule has 0 radical (unpaired) electrons. The van der Waals surface area contributed by atoms with Crippen LogP contribution in [-0.2, 0) is 4.74 Å². The molecule has 2 nitrogen and oxygen atoms in total. The minimum absolute atomic E-state index is 0.00965. The normalized spacial score (nSPS) is 35.7. The Morgan fingerprint density at radius 1 is 1.17 bits per heavy atom. The van der Waals surface area contributed by atoms with E-state index in [0.717, 1.165) is 25.9 Å². The summed E-state index contributed by atoms with van der Waals surface area (Å²) >= 11 is 0. The molecule has 0 amide bonds. The van der Waals surface area contributed by atoms with Crippen molar-refractivity contribution in [3.05, 3.63) is 0 Å². The number of ether oxygens (including phenoxy) is 1. The molecular weight excluding hydrogens is 243 g/mol. The second-order valence-electron chi connectivity index (χ2n) is 5.61. The molecule has 2 aliphatic rings. The summed E-state index contributed by atoms with van der Waals surface area (Å²) in [6.07, 6.45) is 0.250. The largest absolute Gasteiger partial charge is 0.391 e. The van der Waals surface area contributed by atoms with Crippen LogP contribution in [-0.4, -0.2) is 31.0 Å². The summed E-state index contributed by atoms with van der Waals surface area (Å²) < 4.78 is 43.7. The van der Waals surface area contributed by atoms with Crippen LogP contribution in [0.25, 0.3) is 0 Å². The van der Waals surface area contributed by atoms with Gasteiger partial charge in [-0.15, -0.1) is 0 Å². The van der Waals surface area contributed by atoms with Crippen LogP contribution in [0.5, 0.6) is 0 Å². The number of hydrogen-bond donors (Lipinski definition) is 1. The number of nitrogens with one attached hydrogen (secondary N) is 1. The first-order valence-electron chi connectivity index (χ1n) is 6.91. The van der Waals surface area contributed by atoms with Gasteiger partial charge < -0.3 is 10.1 Å². The summed E-state index contributed by atoms with van der Waals surface area (Å²) in [5.41, 5.74) is 0. The van der Waals surface area contributed by atoms with E-state index < -0.39 is 12.1 Å². The third kappa shape index (κ3) is 3.60. The zero-order chi connectivity index (χ0) is 13.2. The molecule has 0 aromatic heterocycles. The maximum Gasteiger partial charge on any atom is 0.391 e. The molecule has 0 aromatic rings. The predicted octanol–water partition coefficient (Wildman–Crippen LogP) is 3.26. The highest BCUT2D eigenvalue weighted by atomic mass is 19.4. The van der Waals surface area contributed by atoms with Crippen LogP contribution in [0.2, 0.25) is 0 Å². The lowest BCUT2D eigenvalue weighted by atomic mass is 9.85. The fourth-order valence-corrected chi connectivity index (χ4v) is 3.11. The van der Waals surface area contributed by atoms with Crippen LogP contribution in [0.15, 0.2) is 0 Å². The molecule has 106 valence electrons. The highest BCUT2D eigenvalue weighted by molar-refractivity contribution is 4.86. The predicted molar refractivity (Wildman–Crippen MR) is 63.4 cm³/mol. The van der Waals surface area contributed by atoms with Gasteiger partial charge in [-0.05, 0) is 39.0 Å². The average Bonchev–Trinajstić information content (AvgIpc) is 2.81. The lowest BCUT2D eigenvalue weighted by Crippen LogP contribution is -2.46. The number of halogens is 3. The zero-order valence-electron chi connectivity index (χ0n) is 10.8. The third-order valence-corrected chi connectivity index (χ3v) is 4.16. The van der Waals surface area contributed by atoms with E-state index in [1.807, 2.05) is 6.92 Å². The van der Waals surface area contributed by atoms with E-state index in [9.17, 15) is 13.2 Å². The topological polar surface area (TPSA) is 21.3 Å². The van der Waals surface area contributed by atoms with Crippen LogP contribution in [0.1, 0.15) is 45.4 Å². The number of rotatable bonds is 3. The molecule has 5 heteroatoms. The molecular formula is C13H22F3NO. The van der Waals surface area contributed by atoms with Gasteiger partial charge in [0, 0.05) is 18.7 Å². The molecule has 0 spiro atoms. The molecule has 4 atom stereocenters. The molecule has 18 heavy (non-hydrogen) atoms. The van der Waals surface area contributed by atoms with Gasteiger partial charge in [-0.2, -0.15) is 13.2 Å². The maximum absolute atomic E-state index is 12.7. The highest BCUT2D eigenvalue weighted by Crippen LogP contribution is 2.37. The van der Waals surface area contributed by atoms with E-state index in [2.05, 4.69) is 5.32 Å². The Balaban J connectivity index is 1.81. The van der Waals surface area contributed by atoms with Crippen LogP contribution in [0, 0.1) is 5.92 Å². The molecule has 2 fully saturated rings. The van der Waals surface area contributed by atoms with Gasteiger partial charge in [-0.25, -0.2) is 0 Å². The molecule has 2 rings (SSSR count). The molecule has 1 saturated heterocycles. The lowest BCUT2D eigenvalue weighted by molar-refractivity contribution is -0.184. The van der Waals surface area contributed by atoms with E-state index in [4.69, 9.17) is 4.74 Å². The van der Waals surface area contributed by atoms with Gasteiger partial charge in [-0.3, -0.25) is 0 Å². The summed E-state index contributed by atoms with van der Waals surface area (Å²) in [6.45, 7) is 2.81. The van der Waals surface area contributed by atoms with Crippen LogP contribution >= 0.6 is 0 Å².